The lowest BCUT2D eigenvalue weighted by atomic mass is 10.1. The number of hydrogen-bond acceptors (Lipinski definition) is 11. The van der Waals surface area contributed by atoms with Crippen LogP contribution in [-0.4, -0.2) is 70.7 Å². The molecule has 4 aromatic rings. The number of nitrogens with zero attached hydrogens (tertiary/aromatic N) is 3. The number of aromatic hydroxyl groups is 4. The van der Waals surface area contributed by atoms with Gasteiger partial charge in [0, 0.05) is 18.2 Å². The molecule has 0 radical (unpaired) electrons. The van der Waals surface area contributed by atoms with Gasteiger partial charge in [0.1, 0.15) is 34.5 Å². The first-order valence-electron chi connectivity index (χ1n) is 11.7. The molecule has 0 aliphatic heterocycles. The number of carboxylic acid groups (broad SMARTS) is 2. The quantitative estimate of drug-likeness (QED) is 0.158. The van der Waals surface area contributed by atoms with E-state index in [0.29, 0.717) is 0 Å². The summed E-state index contributed by atoms with van der Waals surface area (Å²) in [5.41, 5.74) is 0.410. The van der Waals surface area contributed by atoms with Crippen molar-refractivity contribution in [2.24, 2.45) is 0 Å². The minimum atomic E-state index is -1.04. The third-order valence-corrected chi connectivity index (χ3v) is 5.45. The van der Waals surface area contributed by atoms with Crippen molar-refractivity contribution in [3.63, 3.8) is 0 Å². The van der Waals surface area contributed by atoms with Crippen molar-refractivity contribution in [2.45, 2.75) is 12.8 Å². The number of ether oxygens (including phenoxy) is 2. The topological polar surface area (TPSA) is 213 Å². The largest absolute Gasteiger partial charge is 0.508 e. The van der Waals surface area contributed by atoms with Gasteiger partial charge in [0.05, 0.1) is 42.7 Å². The van der Waals surface area contributed by atoms with Gasteiger partial charge in [-0.15, -0.1) is 0 Å². The fraction of sp³-hybridized carbons (Fsp3) is 0.148. The zero-order valence-corrected chi connectivity index (χ0v) is 20.7. The summed E-state index contributed by atoms with van der Waals surface area (Å²) >= 11 is 0. The number of benzene rings is 3. The van der Waals surface area contributed by atoms with Crippen LogP contribution in [0.4, 0.5) is 0 Å². The first kappa shape index (κ1) is 27.4. The first-order chi connectivity index (χ1) is 19.1. The van der Waals surface area contributed by atoms with E-state index in [1.54, 1.807) is 0 Å². The van der Waals surface area contributed by atoms with E-state index in [-0.39, 0.29) is 94.7 Å². The first-order valence-corrected chi connectivity index (χ1v) is 11.7. The number of rotatable bonds is 11. The van der Waals surface area contributed by atoms with Crippen LogP contribution in [0.1, 0.15) is 12.8 Å². The van der Waals surface area contributed by atoms with E-state index in [1.807, 2.05) is 0 Å². The van der Waals surface area contributed by atoms with Gasteiger partial charge in [-0.2, -0.15) is 0 Å². The molecule has 0 bridgehead atoms. The maximum atomic E-state index is 10.7. The lowest BCUT2D eigenvalue weighted by molar-refractivity contribution is -0.138. The normalized spacial score (nSPS) is 10.7. The van der Waals surface area contributed by atoms with Crippen LogP contribution in [0, 0.1) is 0 Å². The SMILES string of the molecule is O=C(O)CCOc1ccc(-c2nc(-c3ccc(O)cc3O)nc(-c3ccc(OCCC(=O)O)cc3O)n2)c(O)c1. The van der Waals surface area contributed by atoms with Gasteiger partial charge in [-0.05, 0) is 36.4 Å². The Balaban J connectivity index is 1.76. The molecule has 40 heavy (non-hydrogen) atoms. The van der Waals surface area contributed by atoms with Crippen LogP contribution in [-0.2, 0) is 9.59 Å². The minimum Gasteiger partial charge on any atom is -0.508 e. The van der Waals surface area contributed by atoms with Crippen molar-refractivity contribution in [2.75, 3.05) is 13.2 Å². The smallest absolute Gasteiger partial charge is 0.306 e. The molecule has 13 nitrogen and oxygen atoms in total. The van der Waals surface area contributed by atoms with Gasteiger partial charge in [0.2, 0.25) is 0 Å². The highest BCUT2D eigenvalue weighted by atomic mass is 16.5. The molecule has 0 fully saturated rings. The molecule has 0 spiro atoms. The van der Waals surface area contributed by atoms with E-state index in [9.17, 15) is 30.0 Å². The number of aliphatic carboxylic acids is 2. The standard InChI is InChI=1S/C27H23N3O10/c31-14-1-4-17(20(32)11-14)25-28-26(18-5-2-15(12-21(18)33)39-9-7-23(35)36)30-27(29-25)19-6-3-16(13-22(19)34)40-10-8-24(37)38/h1-6,11-13,31-34H,7-10H2,(H,35,36)(H,37,38). The van der Waals surface area contributed by atoms with Crippen molar-refractivity contribution in [1.29, 1.82) is 0 Å². The molecular formula is C27H23N3O10. The maximum Gasteiger partial charge on any atom is 0.306 e. The zero-order valence-electron chi connectivity index (χ0n) is 20.7. The number of hydrogen-bond donors (Lipinski definition) is 6. The summed E-state index contributed by atoms with van der Waals surface area (Å²) in [6.45, 7) is -0.215. The van der Waals surface area contributed by atoms with E-state index in [4.69, 9.17) is 19.7 Å². The molecule has 3 aromatic carbocycles. The Hall–Kier alpha value is -5.59. The highest BCUT2D eigenvalue weighted by Gasteiger charge is 2.19. The number of phenols is 4. The third-order valence-electron chi connectivity index (χ3n) is 5.45. The molecule has 0 aliphatic rings. The highest BCUT2D eigenvalue weighted by Crippen LogP contribution is 2.37. The Morgan fingerprint density at radius 3 is 1.30 bits per heavy atom. The molecule has 0 unspecified atom stereocenters. The zero-order chi connectivity index (χ0) is 28.8. The van der Waals surface area contributed by atoms with Crippen LogP contribution >= 0.6 is 0 Å². The van der Waals surface area contributed by atoms with Crippen LogP contribution in [0.15, 0.2) is 54.6 Å². The Morgan fingerprint density at radius 2 is 0.950 bits per heavy atom. The average molecular weight is 549 g/mol. The van der Waals surface area contributed by atoms with E-state index in [0.717, 1.165) is 6.07 Å². The van der Waals surface area contributed by atoms with Gasteiger partial charge >= 0.3 is 11.9 Å². The van der Waals surface area contributed by atoms with Crippen LogP contribution in [0.25, 0.3) is 34.2 Å². The van der Waals surface area contributed by atoms with Crippen molar-refractivity contribution < 1.29 is 49.7 Å². The fourth-order valence-corrected chi connectivity index (χ4v) is 3.54. The van der Waals surface area contributed by atoms with Crippen molar-refractivity contribution >= 4 is 11.9 Å². The van der Waals surface area contributed by atoms with Crippen molar-refractivity contribution in [3.05, 3.63) is 54.6 Å². The summed E-state index contributed by atoms with van der Waals surface area (Å²) < 4.78 is 10.7. The highest BCUT2D eigenvalue weighted by molar-refractivity contribution is 5.74. The van der Waals surface area contributed by atoms with E-state index in [1.165, 1.54) is 48.5 Å². The Kier molecular flexibility index (Phi) is 8.13. The lowest BCUT2D eigenvalue weighted by Gasteiger charge is -2.12. The van der Waals surface area contributed by atoms with Gasteiger partial charge in [-0.3, -0.25) is 9.59 Å². The predicted molar refractivity (Wildman–Crippen MR) is 138 cm³/mol. The number of carbonyl (C=O) groups is 2. The third kappa shape index (κ3) is 6.64. The lowest BCUT2D eigenvalue weighted by Crippen LogP contribution is -2.05. The van der Waals surface area contributed by atoms with Crippen LogP contribution in [0.2, 0.25) is 0 Å². The molecule has 206 valence electrons. The summed E-state index contributed by atoms with van der Waals surface area (Å²) in [7, 11) is 0. The Morgan fingerprint density at radius 1 is 0.575 bits per heavy atom. The van der Waals surface area contributed by atoms with Gasteiger partial charge in [0.15, 0.2) is 17.5 Å². The second-order valence-corrected chi connectivity index (χ2v) is 8.35. The molecule has 6 N–H and O–H groups in total. The number of phenolic OH excluding ortho intramolecular Hbond substituents is 4. The molecule has 0 saturated carbocycles. The molecular weight excluding hydrogens is 526 g/mol. The van der Waals surface area contributed by atoms with E-state index >= 15 is 0 Å². The second-order valence-electron chi connectivity index (χ2n) is 8.35. The predicted octanol–water partition coefficient (Wildman–Crippen LogP) is 3.40. The summed E-state index contributed by atoms with van der Waals surface area (Å²) in [5.74, 6) is -2.88. The molecule has 1 heterocycles. The number of aromatic nitrogens is 3. The summed E-state index contributed by atoms with van der Waals surface area (Å²) in [6.07, 6.45) is -0.461. The monoisotopic (exact) mass is 549 g/mol. The maximum absolute atomic E-state index is 10.7. The molecule has 0 saturated heterocycles. The summed E-state index contributed by atoms with van der Waals surface area (Å²) in [6, 6.07) is 12.2. The molecule has 0 amide bonds. The average Bonchev–Trinajstić information content (AvgIpc) is 2.88. The molecule has 4 rings (SSSR count). The Bertz CT molecular complexity index is 1490. The fourth-order valence-electron chi connectivity index (χ4n) is 3.54. The summed E-state index contributed by atoms with van der Waals surface area (Å²) in [5, 5.41) is 59.0. The van der Waals surface area contributed by atoms with Crippen molar-refractivity contribution in [3.8, 4) is 68.7 Å². The Labute approximate surface area is 226 Å². The molecule has 13 heteroatoms. The molecule has 0 aliphatic carbocycles. The molecule has 1 aromatic heterocycles. The van der Waals surface area contributed by atoms with Gasteiger partial charge < -0.3 is 40.1 Å². The van der Waals surface area contributed by atoms with E-state index < -0.39 is 11.9 Å². The minimum absolute atomic E-state index is 0.0387. The van der Waals surface area contributed by atoms with Gasteiger partial charge in [-0.25, -0.2) is 15.0 Å². The number of carboxylic acids is 2. The van der Waals surface area contributed by atoms with Crippen LogP contribution in [0.3, 0.4) is 0 Å². The molecule has 0 atom stereocenters. The van der Waals surface area contributed by atoms with Gasteiger partial charge in [-0.1, -0.05) is 0 Å². The van der Waals surface area contributed by atoms with Crippen molar-refractivity contribution in [1.82, 2.24) is 15.0 Å². The second kappa shape index (κ2) is 11.9. The summed E-state index contributed by atoms with van der Waals surface area (Å²) in [4.78, 5) is 34.6. The van der Waals surface area contributed by atoms with E-state index in [2.05, 4.69) is 15.0 Å². The van der Waals surface area contributed by atoms with Crippen LogP contribution in [0.5, 0.6) is 34.5 Å². The van der Waals surface area contributed by atoms with Crippen LogP contribution < -0.4 is 9.47 Å². The van der Waals surface area contributed by atoms with Gasteiger partial charge in [0.25, 0.3) is 0 Å².